The van der Waals surface area contributed by atoms with Crippen LogP contribution >= 0.6 is 23.1 Å². The number of nitrogens with two attached hydrogens (primary N) is 1. The third kappa shape index (κ3) is 5.21. The highest BCUT2D eigenvalue weighted by Gasteiger charge is 2.21. The maximum atomic E-state index is 12.9. The van der Waals surface area contributed by atoms with E-state index >= 15 is 0 Å². The van der Waals surface area contributed by atoms with Crippen molar-refractivity contribution in [3.63, 3.8) is 0 Å². The highest BCUT2D eigenvalue weighted by atomic mass is 32.2. The fraction of sp³-hybridized carbons (Fsp3) is 0.182. The van der Waals surface area contributed by atoms with Gasteiger partial charge in [0.15, 0.2) is 5.76 Å². The van der Waals surface area contributed by atoms with Gasteiger partial charge in [0, 0.05) is 34.3 Å². The van der Waals surface area contributed by atoms with E-state index in [-0.39, 0.29) is 10.8 Å². The summed E-state index contributed by atoms with van der Waals surface area (Å²) >= 11 is 3.16. The summed E-state index contributed by atoms with van der Waals surface area (Å²) in [6.45, 7) is 2.33. The van der Waals surface area contributed by atoms with Gasteiger partial charge in [-0.1, -0.05) is 42.1 Å². The molecule has 2 heterocycles. The normalized spacial score (nSPS) is 11.7. The van der Waals surface area contributed by atoms with Gasteiger partial charge in [0.2, 0.25) is 10.0 Å². The average Bonchev–Trinajstić information content (AvgIpc) is 3.35. The van der Waals surface area contributed by atoms with E-state index in [1.165, 1.54) is 12.1 Å². The molecule has 0 saturated heterocycles. The van der Waals surface area contributed by atoms with Gasteiger partial charge in [0.1, 0.15) is 9.92 Å². The van der Waals surface area contributed by atoms with Gasteiger partial charge < -0.3 is 9.73 Å². The van der Waals surface area contributed by atoms with Gasteiger partial charge in [0.05, 0.1) is 4.90 Å². The molecule has 0 bridgehead atoms. The molecule has 1 amide bonds. The van der Waals surface area contributed by atoms with Gasteiger partial charge >= 0.3 is 0 Å². The van der Waals surface area contributed by atoms with E-state index in [1.54, 1.807) is 35.2 Å². The molecule has 2 aromatic heterocycles. The second-order valence-electron chi connectivity index (χ2n) is 7.14. The van der Waals surface area contributed by atoms with E-state index in [9.17, 15) is 13.2 Å². The first kappa shape index (κ1) is 22.5. The van der Waals surface area contributed by atoms with Crippen LogP contribution in [0.2, 0.25) is 0 Å². The van der Waals surface area contributed by atoms with Crippen molar-refractivity contribution in [2.45, 2.75) is 28.3 Å². The number of amides is 1. The number of primary sulfonamides is 1. The first-order valence-corrected chi connectivity index (χ1v) is 13.2. The summed E-state index contributed by atoms with van der Waals surface area (Å²) in [4.78, 5) is 17.4. The third-order valence-electron chi connectivity index (χ3n) is 4.79. The summed E-state index contributed by atoms with van der Waals surface area (Å²) in [5.74, 6) is 0.590. The summed E-state index contributed by atoms with van der Waals surface area (Å²) in [6, 6.07) is 13.9. The minimum atomic E-state index is -3.72. The van der Waals surface area contributed by atoms with Crippen molar-refractivity contribution in [3.05, 3.63) is 76.5 Å². The number of sulfonamides is 1. The number of para-hydroxylation sites is 1. The summed E-state index contributed by atoms with van der Waals surface area (Å²) in [5.41, 5.74) is 3.37. The quantitative estimate of drug-likeness (QED) is 0.362. The number of thiazole rings is 1. The minimum Gasteiger partial charge on any atom is -0.451 e. The number of aryl methyl sites for hydroxylation is 1. The molecule has 4 aromatic rings. The number of thioether (sulfide) groups is 1. The number of hydrogen-bond donors (Lipinski definition) is 2. The van der Waals surface area contributed by atoms with E-state index in [4.69, 9.17) is 9.56 Å². The van der Waals surface area contributed by atoms with Crippen LogP contribution in [0.15, 0.2) is 67.6 Å². The molecular weight excluding hydrogens is 466 g/mol. The van der Waals surface area contributed by atoms with Crippen LogP contribution in [0.25, 0.3) is 11.0 Å². The lowest BCUT2D eigenvalue weighted by molar-refractivity contribution is 0.0927. The molecular formula is C22H21N3O4S3. The number of hydrogen-bond acceptors (Lipinski definition) is 7. The molecule has 0 aliphatic heterocycles. The Morgan fingerprint density at radius 3 is 2.62 bits per heavy atom. The van der Waals surface area contributed by atoms with E-state index < -0.39 is 10.0 Å². The van der Waals surface area contributed by atoms with Gasteiger partial charge in [-0.05, 0) is 37.1 Å². The van der Waals surface area contributed by atoms with Crippen LogP contribution in [-0.4, -0.2) is 25.9 Å². The molecule has 10 heteroatoms. The number of aromatic nitrogens is 1. The van der Waals surface area contributed by atoms with Crippen LogP contribution in [0.5, 0.6) is 0 Å². The van der Waals surface area contributed by atoms with Crippen LogP contribution < -0.4 is 10.5 Å². The van der Waals surface area contributed by atoms with Gasteiger partial charge in [-0.2, -0.15) is 0 Å². The molecule has 0 atom stereocenters. The number of benzene rings is 2. The maximum absolute atomic E-state index is 12.9. The lowest BCUT2D eigenvalue weighted by Gasteiger charge is -2.06. The zero-order chi connectivity index (χ0) is 22.7. The maximum Gasteiger partial charge on any atom is 0.287 e. The molecule has 0 fully saturated rings. The Hall–Kier alpha value is -2.66. The van der Waals surface area contributed by atoms with Crippen molar-refractivity contribution < 1.29 is 17.6 Å². The predicted octanol–water partition coefficient (Wildman–Crippen LogP) is 4.11. The van der Waals surface area contributed by atoms with Crippen molar-refractivity contribution in [2.75, 3.05) is 6.54 Å². The molecule has 32 heavy (non-hydrogen) atoms. The Morgan fingerprint density at radius 2 is 1.94 bits per heavy atom. The Labute approximate surface area is 194 Å². The second kappa shape index (κ2) is 9.45. The van der Waals surface area contributed by atoms with Gasteiger partial charge in [-0.15, -0.1) is 11.3 Å². The molecule has 0 spiro atoms. The fourth-order valence-electron chi connectivity index (χ4n) is 3.20. The molecule has 3 N–H and O–H groups in total. The van der Waals surface area contributed by atoms with Crippen molar-refractivity contribution in [1.29, 1.82) is 0 Å². The number of nitrogens with one attached hydrogen (secondary N) is 1. The number of furan rings is 1. The van der Waals surface area contributed by atoms with E-state index in [0.717, 1.165) is 26.5 Å². The molecule has 0 radical (unpaired) electrons. The van der Waals surface area contributed by atoms with Crippen LogP contribution in [-0.2, 0) is 22.2 Å². The lowest BCUT2D eigenvalue weighted by Crippen LogP contribution is -2.26. The minimum absolute atomic E-state index is 0.0603. The number of nitrogens with zero attached hydrogens (tertiary/aromatic N) is 1. The SMILES string of the molecule is Cc1csc(SCc2c(C(=O)NCCc3ccc(S(N)(=O)=O)cc3)oc3ccccc23)n1. The first-order valence-electron chi connectivity index (χ1n) is 9.76. The molecule has 0 aliphatic rings. The summed E-state index contributed by atoms with van der Waals surface area (Å²) < 4.78 is 29.6. The van der Waals surface area contributed by atoms with Gasteiger partial charge in [0.25, 0.3) is 5.91 Å². The third-order valence-corrected chi connectivity index (χ3v) is 7.89. The number of carbonyl (C=O) groups excluding carboxylic acids is 1. The number of rotatable bonds is 8. The van der Waals surface area contributed by atoms with Crippen LogP contribution in [0.3, 0.4) is 0 Å². The first-order chi connectivity index (χ1) is 15.3. The van der Waals surface area contributed by atoms with E-state index in [1.807, 2.05) is 36.6 Å². The van der Waals surface area contributed by atoms with Crippen molar-refractivity contribution in [1.82, 2.24) is 10.3 Å². The van der Waals surface area contributed by atoms with E-state index in [0.29, 0.717) is 30.1 Å². The lowest BCUT2D eigenvalue weighted by atomic mass is 10.1. The zero-order valence-corrected chi connectivity index (χ0v) is 19.6. The molecule has 0 aliphatic carbocycles. The number of fused-ring (bicyclic) bond motifs is 1. The van der Waals surface area contributed by atoms with Crippen LogP contribution in [0.4, 0.5) is 0 Å². The monoisotopic (exact) mass is 487 g/mol. The van der Waals surface area contributed by atoms with E-state index in [2.05, 4.69) is 10.3 Å². The summed E-state index contributed by atoms with van der Waals surface area (Å²) in [5, 5.41) is 10.9. The predicted molar refractivity (Wildman–Crippen MR) is 126 cm³/mol. The van der Waals surface area contributed by atoms with Crippen LogP contribution in [0, 0.1) is 6.92 Å². The topological polar surface area (TPSA) is 115 Å². The molecule has 166 valence electrons. The smallest absolute Gasteiger partial charge is 0.287 e. The molecule has 2 aromatic carbocycles. The highest BCUT2D eigenvalue weighted by molar-refractivity contribution is 8.00. The second-order valence-corrected chi connectivity index (χ2v) is 10.8. The van der Waals surface area contributed by atoms with Gasteiger partial charge in [-0.25, -0.2) is 18.5 Å². The Morgan fingerprint density at radius 1 is 1.19 bits per heavy atom. The van der Waals surface area contributed by atoms with Crippen LogP contribution in [0.1, 0.15) is 27.4 Å². The molecule has 0 saturated carbocycles. The molecule has 7 nitrogen and oxygen atoms in total. The largest absolute Gasteiger partial charge is 0.451 e. The average molecular weight is 488 g/mol. The molecule has 4 rings (SSSR count). The zero-order valence-electron chi connectivity index (χ0n) is 17.2. The number of carbonyl (C=O) groups is 1. The Balaban J connectivity index is 1.45. The standard InChI is InChI=1S/C22H21N3O4S3/c1-14-12-30-22(25-14)31-13-18-17-4-2-3-5-19(17)29-20(18)21(26)24-11-10-15-6-8-16(9-7-15)32(23,27)28/h2-9,12H,10-11,13H2,1H3,(H,24,26)(H2,23,27,28). The summed E-state index contributed by atoms with van der Waals surface area (Å²) in [7, 11) is -3.72. The van der Waals surface area contributed by atoms with Gasteiger partial charge in [-0.3, -0.25) is 4.79 Å². The fourth-order valence-corrected chi connectivity index (χ4v) is 5.60. The molecule has 0 unspecified atom stereocenters. The van der Waals surface area contributed by atoms with Crippen molar-refractivity contribution in [3.8, 4) is 0 Å². The van der Waals surface area contributed by atoms with Crippen molar-refractivity contribution in [2.24, 2.45) is 5.14 Å². The van der Waals surface area contributed by atoms with Crippen molar-refractivity contribution >= 4 is 50.0 Å². The summed E-state index contributed by atoms with van der Waals surface area (Å²) in [6.07, 6.45) is 0.541. The Bertz CT molecular complexity index is 1360. The highest BCUT2D eigenvalue weighted by Crippen LogP contribution is 2.33. The Kier molecular flexibility index (Phi) is 6.66.